The zero-order valence-electron chi connectivity index (χ0n) is 18.1. The van der Waals surface area contributed by atoms with Gasteiger partial charge in [0.05, 0.1) is 11.4 Å². The molecule has 0 radical (unpaired) electrons. The Hall–Kier alpha value is -3.53. The fourth-order valence-corrected chi connectivity index (χ4v) is 3.94. The van der Waals surface area contributed by atoms with Crippen LogP contribution in [-0.2, 0) is 20.8 Å². The van der Waals surface area contributed by atoms with Gasteiger partial charge in [-0.3, -0.25) is 14.5 Å². The fraction of sp³-hybridized carbons (Fsp3) is 0.304. The number of benzene rings is 2. The summed E-state index contributed by atoms with van der Waals surface area (Å²) in [6.07, 6.45) is 2.27. The van der Waals surface area contributed by atoms with E-state index in [9.17, 15) is 24.3 Å². The Labute approximate surface area is 195 Å². The molecule has 0 fully saturated rings. The van der Waals surface area contributed by atoms with Gasteiger partial charge in [0.1, 0.15) is 18.6 Å². The maximum atomic E-state index is 13.1. The van der Waals surface area contributed by atoms with Crippen molar-refractivity contribution in [2.45, 2.75) is 24.9 Å². The summed E-state index contributed by atoms with van der Waals surface area (Å²) in [7, 11) is 0. The molecule has 3 rings (SSSR count). The summed E-state index contributed by atoms with van der Waals surface area (Å²) in [5, 5.41) is 17.4. The number of nitrogens with one attached hydrogen (secondary N) is 3. The molecule has 4 N–H and O–H groups in total. The van der Waals surface area contributed by atoms with Gasteiger partial charge in [0.2, 0.25) is 11.8 Å². The molecule has 9 nitrogen and oxygen atoms in total. The number of nitrogens with zero attached hydrogens (tertiary/aromatic N) is 1. The van der Waals surface area contributed by atoms with Crippen molar-refractivity contribution in [2.75, 3.05) is 28.8 Å². The van der Waals surface area contributed by atoms with Gasteiger partial charge >= 0.3 is 12.0 Å². The van der Waals surface area contributed by atoms with E-state index in [0.717, 1.165) is 5.56 Å². The summed E-state index contributed by atoms with van der Waals surface area (Å²) in [5.74, 6) is -1.53. The Balaban J connectivity index is 1.81. The minimum Gasteiger partial charge on any atom is -0.480 e. The number of carboxylic acids is 1. The molecule has 4 amide bonds. The van der Waals surface area contributed by atoms with Gasteiger partial charge in [0.15, 0.2) is 0 Å². The van der Waals surface area contributed by atoms with E-state index in [-0.39, 0.29) is 25.3 Å². The number of anilines is 2. The van der Waals surface area contributed by atoms with Gasteiger partial charge in [-0.2, -0.15) is 11.8 Å². The molecule has 33 heavy (non-hydrogen) atoms. The largest absolute Gasteiger partial charge is 0.480 e. The third kappa shape index (κ3) is 6.48. The van der Waals surface area contributed by atoms with Crippen LogP contribution in [0.2, 0.25) is 0 Å². The quantitative estimate of drug-likeness (QED) is 0.444. The fourth-order valence-electron chi connectivity index (χ4n) is 3.47. The van der Waals surface area contributed by atoms with E-state index >= 15 is 0 Å². The SMILES string of the molecule is CSCC[C@H](NC(=O)[C@H](Cc1ccccc1)NC(=O)N1CC(=O)Nc2ccccc21)C(=O)O. The third-order valence-corrected chi connectivity index (χ3v) is 5.78. The van der Waals surface area contributed by atoms with Crippen LogP contribution in [0.5, 0.6) is 0 Å². The maximum absolute atomic E-state index is 13.1. The lowest BCUT2D eigenvalue weighted by Gasteiger charge is -2.31. The number of carboxylic acid groups (broad SMARTS) is 1. The number of thioether (sulfide) groups is 1. The molecule has 2 aromatic rings. The molecule has 2 aromatic carbocycles. The van der Waals surface area contributed by atoms with Crippen molar-refractivity contribution in [3.8, 4) is 0 Å². The molecule has 2 atom stereocenters. The summed E-state index contributed by atoms with van der Waals surface area (Å²) in [5.41, 5.74) is 1.80. The number of rotatable bonds is 9. The van der Waals surface area contributed by atoms with E-state index < -0.39 is 30.0 Å². The lowest BCUT2D eigenvalue weighted by Crippen LogP contribution is -2.56. The van der Waals surface area contributed by atoms with E-state index in [1.54, 1.807) is 24.3 Å². The zero-order chi connectivity index (χ0) is 23.8. The smallest absolute Gasteiger partial charge is 0.326 e. The van der Waals surface area contributed by atoms with Crippen molar-refractivity contribution in [2.24, 2.45) is 0 Å². The second-order valence-corrected chi connectivity index (χ2v) is 8.51. The van der Waals surface area contributed by atoms with Crippen molar-refractivity contribution in [1.29, 1.82) is 0 Å². The number of carbonyl (C=O) groups is 4. The van der Waals surface area contributed by atoms with Crippen molar-refractivity contribution >= 4 is 47.0 Å². The van der Waals surface area contributed by atoms with Crippen molar-refractivity contribution in [1.82, 2.24) is 10.6 Å². The number of para-hydroxylation sites is 2. The maximum Gasteiger partial charge on any atom is 0.326 e. The molecule has 0 unspecified atom stereocenters. The molecule has 0 aliphatic carbocycles. The first-order valence-electron chi connectivity index (χ1n) is 10.4. The number of urea groups is 1. The van der Waals surface area contributed by atoms with Crippen LogP contribution in [0.1, 0.15) is 12.0 Å². The number of aliphatic carboxylic acids is 1. The van der Waals surface area contributed by atoms with Crippen LogP contribution in [0, 0.1) is 0 Å². The van der Waals surface area contributed by atoms with E-state index in [1.165, 1.54) is 16.7 Å². The molecular formula is C23H26N4O5S. The Morgan fingerprint density at radius 1 is 1.06 bits per heavy atom. The van der Waals surface area contributed by atoms with Crippen LogP contribution in [-0.4, -0.2) is 59.6 Å². The Morgan fingerprint density at radius 2 is 1.76 bits per heavy atom. The predicted molar refractivity (Wildman–Crippen MR) is 127 cm³/mol. The second-order valence-electron chi connectivity index (χ2n) is 7.52. The Kier molecular flexibility index (Phi) is 8.31. The third-order valence-electron chi connectivity index (χ3n) is 5.14. The summed E-state index contributed by atoms with van der Waals surface area (Å²) >= 11 is 1.48. The summed E-state index contributed by atoms with van der Waals surface area (Å²) in [6.45, 7) is -0.200. The first-order chi connectivity index (χ1) is 15.9. The van der Waals surface area contributed by atoms with Crippen LogP contribution in [0.3, 0.4) is 0 Å². The standard InChI is InChI=1S/C23H26N4O5S/c1-33-12-11-17(22(30)31)25-21(29)18(13-15-7-3-2-4-8-15)26-23(32)27-14-20(28)24-16-9-5-6-10-19(16)27/h2-10,17-18H,11-14H2,1H3,(H,24,28)(H,25,29)(H,26,32)(H,30,31)/t17-,18-/m0/s1. The summed E-state index contributed by atoms with van der Waals surface area (Å²) in [4.78, 5) is 51.2. The molecule has 1 heterocycles. The van der Waals surface area contributed by atoms with Gasteiger partial charge in [-0.05, 0) is 36.1 Å². The first-order valence-corrected chi connectivity index (χ1v) is 11.8. The van der Waals surface area contributed by atoms with Gasteiger partial charge in [-0.15, -0.1) is 0 Å². The highest BCUT2D eigenvalue weighted by molar-refractivity contribution is 7.98. The van der Waals surface area contributed by atoms with E-state index in [2.05, 4.69) is 16.0 Å². The molecule has 0 spiro atoms. The van der Waals surface area contributed by atoms with Crippen LogP contribution >= 0.6 is 11.8 Å². The lowest BCUT2D eigenvalue weighted by atomic mass is 10.0. The average Bonchev–Trinajstić information content (AvgIpc) is 2.81. The monoisotopic (exact) mass is 470 g/mol. The summed E-state index contributed by atoms with van der Waals surface area (Å²) < 4.78 is 0. The number of fused-ring (bicyclic) bond motifs is 1. The van der Waals surface area contributed by atoms with Gasteiger partial charge in [0, 0.05) is 6.42 Å². The van der Waals surface area contributed by atoms with Gasteiger partial charge < -0.3 is 21.1 Å². The minimum atomic E-state index is -1.14. The van der Waals surface area contributed by atoms with E-state index in [4.69, 9.17) is 0 Å². The van der Waals surface area contributed by atoms with Crippen LogP contribution in [0.4, 0.5) is 16.2 Å². The van der Waals surface area contributed by atoms with Crippen molar-refractivity contribution in [3.63, 3.8) is 0 Å². The topological polar surface area (TPSA) is 128 Å². The van der Waals surface area contributed by atoms with E-state index in [1.807, 2.05) is 36.6 Å². The first kappa shape index (κ1) is 24.1. The highest BCUT2D eigenvalue weighted by Crippen LogP contribution is 2.28. The molecule has 1 aliphatic heterocycles. The molecule has 1 aliphatic rings. The number of carbonyl (C=O) groups excluding carboxylic acids is 3. The summed E-state index contributed by atoms with van der Waals surface area (Å²) in [6, 6.07) is 13.2. The second kappa shape index (κ2) is 11.4. The number of hydrogen-bond donors (Lipinski definition) is 4. The molecule has 0 bridgehead atoms. The Bertz CT molecular complexity index is 1020. The van der Waals surface area contributed by atoms with Gasteiger partial charge in [-0.1, -0.05) is 42.5 Å². The molecule has 0 saturated heterocycles. The minimum absolute atomic E-state index is 0.162. The number of hydrogen-bond acceptors (Lipinski definition) is 5. The molecular weight excluding hydrogens is 444 g/mol. The molecule has 174 valence electrons. The molecule has 10 heteroatoms. The van der Waals surface area contributed by atoms with E-state index in [0.29, 0.717) is 17.1 Å². The normalized spacial score (nSPS) is 14.5. The predicted octanol–water partition coefficient (Wildman–Crippen LogP) is 2.09. The molecule has 0 saturated carbocycles. The van der Waals surface area contributed by atoms with Crippen LogP contribution in [0.15, 0.2) is 54.6 Å². The highest BCUT2D eigenvalue weighted by Gasteiger charge is 2.31. The Morgan fingerprint density at radius 3 is 2.45 bits per heavy atom. The van der Waals surface area contributed by atoms with Gasteiger partial charge in [0.25, 0.3) is 0 Å². The lowest BCUT2D eigenvalue weighted by molar-refractivity contribution is -0.142. The number of amides is 4. The molecule has 0 aromatic heterocycles. The van der Waals surface area contributed by atoms with Gasteiger partial charge in [-0.25, -0.2) is 9.59 Å². The zero-order valence-corrected chi connectivity index (χ0v) is 18.9. The van der Waals surface area contributed by atoms with Crippen molar-refractivity contribution in [3.05, 3.63) is 60.2 Å². The average molecular weight is 471 g/mol. The van der Waals surface area contributed by atoms with Crippen LogP contribution in [0.25, 0.3) is 0 Å². The highest BCUT2D eigenvalue weighted by atomic mass is 32.2. The van der Waals surface area contributed by atoms with Crippen LogP contribution < -0.4 is 20.9 Å². The van der Waals surface area contributed by atoms with Crippen molar-refractivity contribution < 1.29 is 24.3 Å².